The second kappa shape index (κ2) is 10.1. The highest BCUT2D eigenvalue weighted by molar-refractivity contribution is 7.89. The highest BCUT2D eigenvalue weighted by atomic mass is 32.2. The molecule has 1 fully saturated rings. The number of rotatable bonds is 7. The number of amides is 1. The van der Waals surface area contributed by atoms with Crippen molar-refractivity contribution in [1.29, 1.82) is 0 Å². The number of hydrogen-bond acceptors (Lipinski definition) is 8. The fourth-order valence-electron chi connectivity index (χ4n) is 3.59. The Balaban J connectivity index is 1.88. The minimum Gasteiger partial charge on any atom is -0.449 e. The van der Waals surface area contributed by atoms with Crippen molar-refractivity contribution in [3.63, 3.8) is 0 Å². The van der Waals surface area contributed by atoms with E-state index in [-0.39, 0.29) is 10.5 Å². The summed E-state index contributed by atoms with van der Waals surface area (Å²) < 4.78 is 38.9. The van der Waals surface area contributed by atoms with Gasteiger partial charge in [-0.05, 0) is 39.0 Å². The molecule has 1 aliphatic heterocycles. The predicted octanol–water partition coefficient (Wildman–Crippen LogP) is 1.31. The second-order valence-corrected chi connectivity index (χ2v) is 10.4. The summed E-state index contributed by atoms with van der Waals surface area (Å²) in [6.45, 7) is 7.08. The molecule has 1 amide bonds. The number of aromatic nitrogens is 2. The van der Waals surface area contributed by atoms with Crippen LogP contribution in [0, 0.1) is 13.8 Å². The number of nitrogens with zero attached hydrogens (tertiary/aromatic N) is 4. The van der Waals surface area contributed by atoms with Gasteiger partial charge in [0, 0.05) is 34.2 Å². The van der Waals surface area contributed by atoms with Gasteiger partial charge in [0.05, 0.1) is 46.4 Å². The van der Waals surface area contributed by atoms with Gasteiger partial charge in [0.2, 0.25) is 10.0 Å². The van der Waals surface area contributed by atoms with E-state index in [1.165, 1.54) is 33.2 Å². The molecule has 0 spiro atoms. The Morgan fingerprint density at radius 3 is 2.41 bits per heavy atom. The van der Waals surface area contributed by atoms with Crippen LogP contribution in [0.5, 0.6) is 0 Å². The Bertz CT molecular complexity index is 1180. The van der Waals surface area contributed by atoms with Crippen molar-refractivity contribution in [2.75, 3.05) is 50.6 Å². The summed E-state index contributed by atoms with van der Waals surface area (Å²) in [6, 6.07) is 4.34. The molecule has 1 aromatic heterocycles. The monoisotopic (exact) mass is 493 g/mol. The van der Waals surface area contributed by atoms with Crippen LogP contribution in [0.1, 0.15) is 28.7 Å². The summed E-state index contributed by atoms with van der Waals surface area (Å²) in [4.78, 5) is 27.8. The molecule has 186 valence electrons. The third kappa shape index (κ3) is 5.24. The Hall–Kier alpha value is -2.96. The molecule has 12 heteroatoms. The molecule has 1 atom stereocenters. The zero-order chi connectivity index (χ0) is 25.2. The summed E-state index contributed by atoms with van der Waals surface area (Å²) in [7, 11) is 0.817. The molecule has 2 aromatic rings. The zero-order valence-corrected chi connectivity index (χ0v) is 21.1. The number of anilines is 2. The molecule has 1 N–H and O–H groups in total. The Morgan fingerprint density at radius 2 is 1.85 bits per heavy atom. The number of aryl methyl sites for hydroxylation is 2. The molecule has 2 heterocycles. The number of morpholine rings is 1. The lowest BCUT2D eigenvalue weighted by molar-refractivity contribution is -0.123. The van der Waals surface area contributed by atoms with Gasteiger partial charge in [-0.1, -0.05) is 0 Å². The quantitative estimate of drug-likeness (QED) is 0.573. The largest absolute Gasteiger partial charge is 0.449 e. The van der Waals surface area contributed by atoms with Gasteiger partial charge in [0.15, 0.2) is 6.10 Å². The second-order valence-electron chi connectivity index (χ2n) is 8.27. The molecule has 1 aliphatic rings. The van der Waals surface area contributed by atoms with Crippen molar-refractivity contribution in [1.82, 2.24) is 14.1 Å². The van der Waals surface area contributed by atoms with Gasteiger partial charge in [0.1, 0.15) is 0 Å². The van der Waals surface area contributed by atoms with Crippen LogP contribution in [0.4, 0.5) is 11.4 Å². The van der Waals surface area contributed by atoms with Crippen LogP contribution in [-0.2, 0) is 31.3 Å². The highest BCUT2D eigenvalue weighted by Crippen LogP contribution is 2.27. The molecule has 0 aliphatic carbocycles. The molecule has 1 saturated heterocycles. The first kappa shape index (κ1) is 25.7. The Morgan fingerprint density at radius 1 is 1.21 bits per heavy atom. The molecule has 1 aromatic carbocycles. The van der Waals surface area contributed by atoms with E-state index in [0.717, 1.165) is 10.00 Å². The molecule has 0 saturated carbocycles. The number of carbonyl (C=O) groups is 2. The van der Waals surface area contributed by atoms with Crippen LogP contribution in [0.3, 0.4) is 0 Å². The molecule has 0 unspecified atom stereocenters. The maximum atomic E-state index is 13.2. The van der Waals surface area contributed by atoms with Crippen LogP contribution in [0.2, 0.25) is 0 Å². The van der Waals surface area contributed by atoms with Crippen LogP contribution >= 0.6 is 0 Å². The van der Waals surface area contributed by atoms with Crippen LogP contribution in [-0.4, -0.2) is 80.9 Å². The van der Waals surface area contributed by atoms with Crippen molar-refractivity contribution < 1.29 is 27.5 Å². The summed E-state index contributed by atoms with van der Waals surface area (Å²) in [5, 5.41) is 7.01. The van der Waals surface area contributed by atoms with Gasteiger partial charge in [0.25, 0.3) is 5.91 Å². The molecule has 34 heavy (non-hydrogen) atoms. The third-order valence-electron chi connectivity index (χ3n) is 5.73. The number of ether oxygens (including phenoxy) is 2. The Labute approximate surface area is 199 Å². The van der Waals surface area contributed by atoms with E-state index in [1.807, 2.05) is 11.8 Å². The van der Waals surface area contributed by atoms with Gasteiger partial charge in [-0.2, -0.15) is 5.10 Å². The number of sulfonamides is 1. The van der Waals surface area contributed by atoms with E-state index in [9.17, 15) is 18.0 Å². The van der Waals surface area contributed by atoms with Gasteiger partial charge in [-0.15, -0.1) is 0 Å². The maximum absolute atomic E-state index is 13.2. The SMILES string of the molecule is Cc1nn(C)c(C)c1NC(=O)[C@H](C)OC(=O)c1cc(S(=O)(=O)N(C)C)ccc1N1CCOCC1. The van der Waals surface area contributed by atoms with Crippen LogP contribution in [0.25, 0.3) is 0 Å². The standard InChI is InChI=1S/C22H31N5O6S/c1-14-20(15(2)26(6)24-14)23-21(28)16(3)33-22(29)18-13-17(34(30,31)25(4)5)7-8-19(18)27-9-11-32-12-10-27/h7-8,13,16H,9-12H2,1-6H3,(H,23,28)/t16-/m0/s1. The molecule has 3 rings (SSSR count). The normalized spacial score (nSPS) is 15.3. The van der Waals surface area contributed by atoms with E-state index < -0.39 is 28.0 Å². The van der Waals surface area contributed by atoms with Crippen molar-refractivity contribution in [3.05, 3.63) is 35.2 Å². The summed E-state index contributed by atoms with van der Waals surface area (Å²) in [5.41, 5.74) is 2.56. The fourth-order valence-corrected chi connectivity index (χ4v) is 4.52. The van der Waals surface area contributed by atoms with E-state index in [2.05, 4.69) is 10.4 Å². The average Bonchev–Trinajstić information content (AvgIpc) is 3.04. The van der Waals surface area contributed by atoms with Crippen molar-refractivity contribution >= 4 is 33.3 Å². The van der Waals surface area contributed by atoms with Gasteiger partial charge in [-0.3, -0.25) is 9.48 Å². The van der Waals surface area contributed by atoms with Crippen molar-refractivity contribution in [3.8, 4) is 0 Å². The van der Waals surface area contributed by atoms with E-state index in [0.29, 0.717) is 43.4 Å². The Kier molecular flexibility index (Phi) is 7.64. The summed E-state index contributed by atoms with van der Waals surface area (Å²) >= 11 is 0. The number of hydrogen-bond donors (Lipinski definition) is 1. The van der Waals surface area contributed by atoms with Crippen molar-refractivity contribution in [2.24, 2.45) is 7.05 Å². The predicted molar refractivity (Wildman–Crippen MR) is 127 cm³/mol. The summed E-state index contributed by atoms with van der Waals surface area (Å²) in [6.07, 6.45) is -1.13. The fraction of sp³-hybridized carbons (Fsp3) is 0.500. The molecule has 0 bridgehead atoms. The van der Waals surface area contributed by atoms with Gasteiger partial charge < -0.3 is 19.7 Å². The number of carbonyl (C=O) groups excluding carboxylic acids is 2. The molecule has 11 nitrogen and oxygen atoms in total. The lowest BCUT2D eigenvalue weighted by atomic mass is 10.1. The van der Waals surface area contributed by atoms with Crippen LogP contribution in [0.15, 0.2) is 23.1 Å². The topological polar surface area (TPSA) is 123 Å². The third-order valence-corrected chi connectivity index (χ3v) is 7.54. The average molecular weight is 494 g/mol. The van der Waals surface area contributed by atoms with Gasteiger partial charge >= 0.3 is 5.97 Å². The first-order valence-corrected chi connectivity index (χ1v) is 12.3. The number of esters is 1. The molecular weight excluding hydrogens is 462 g/mol. The first-order valence-electron chi connectivity index (χ1n) is 10.8. The first-order chi connectivity index (χ1) is 15.9. The number of benzene rings is 1. The van der Waals surface area contributed by atoms with Crippen molar-refractivity contribution in [2.45, 2.75) is 31.8 Å². The lowest BCUT2D eigenvalue weighted by Gasteiger charge is -2.30. The maximum Gasteiger partial charge on any atom is 0.341 e. The minimum atomic E-state index is -3.78. The molecule has 0 radical (unpaired) electrons. The summed E-state index contributed by atoms with van der Waals surface area (Å²) in [5.74, 6) is -1.31. The smallest absolute Gasteiger partial charge is 0.341 e. The minimum absolute atomic E-state index is 0.0415. The van der Waals surface area contributed by atoms with Gasteiger partial charge in [-0.25, -0.2) is 17.5 Å². The van der Waals surface area contributed by atoms with E-state index >= 15 is 0 Å². The zero-order valence-electron chi connectivity index (χ0n) is 20.3. The highest BCUT2D eigenvalue weighted by Gasteiger charge is 2.28. The molecular formula is C22H31N5O6S. The lowest BCUT2D eigenvalue weighted by Crippen LogP contribution is -2.37. The van der Waals surface area contributed by atoms with E-state index in [4.69, 9.17) is 9.47 Å². The van der Waals surface area contributed by atoms with Crippen LogP contribution < -0.4 is 10.2 Å². The van der Waals surface area contributed by atoms with E-state index in [1.54, 1.807) is 24.7 Å². The number of nitrogens with one attached hydrogen (secondary N) is 1.